The van der Waals surface area contributed by atoms with E-state index in [0.29, 0.717) is 12.0 Å². The lowest BCUT2D eigenvalue weighted by atomic mass is 9.84. The van der Waals surface area contributed by atoms with E-state index in [2.05, 4.69) is 14.8 Å². The predicted molar refractivity (Wildman–Crippen MR) is 63.6 cm³/mol. The summed E-state index contributed by atoms with van der Waals surface area (Å²) >= 11 is 0. The Balaban J connectivity index is 2.90. The van der Waals surface area contributed by atoms with Gasteiger partial charge in [-0.25, -0.2) is 4.79 Å². The van der Waals surface area contributed by atoms with Crippen LogP contribution in [0.5, 0.6) is 0 Å². The Hall–Kier alpha value is -1.56. The first-order valence-electron chi connectivity index (χ1n) is 5.69. The molecule has 0 saturated carbocycles. The fraction of sp³-hybridized carbons (Fsp3) is 0.727. The Morgan fingerprint density at radius 3 is 3.00 bits per heavy atom. The van der Waals surface area contributed by atoms with Gasteiger partial charge in [-0.1, -0.05) is 12.0 Å². The van der Waals surface area contributed by atoms with Crippen molar-refractivity contribution in [3.05, 3.63) is 22.1 Å². The summed E-state index contributed by atoms with van der Waals surface area (Å²) in [5, 5.41) is 12.4. The van der Waals surface area contributed by atoms with Crippen molar-refractivity contribution in [2.24, 2.45) is 11.0 Å². The van der Waals surface area contributed by atoms with Crippen LogP contribution in [0, 0.1) is 5.92 Å². The number of azide groups is 1. The number of carbonyl (C=O) groups excluding carboxylic acids is 1. The molecule has 100 valence electrons. The third-order valence-corrected chi connectivity index (χ3v) is 2.97. The van der Waals surface area contributed by atoms with Crippen molar-refractivity contribution in [2.75, 3.05) is 20.3 Å². The van der Waals surface area contributed by atoms with E-state index >= 15 is 0 Å². The van der Waals surface area contributed by atoms with Gasteiger partial charge in [-0.3, -0.25) is 0 Å². The maximum atomic E-state index is 11.5. The van der Waals surface area contributed by atoms with Crippen LogP contribution >= 0.6 is 0 Å². The van der Waals surface area contributed by atoms with E-state index in [1.165, 1.54) is 7.11 Å². The van der Waals surface area contributed by atoms with Crippen molar-refractivity contribution in [3.8, 4) is 0 Å². The monoisotopic (exact) mass is 255 g/mol. The highest BCUT2D eigenvalue weighted by Gasteiger charge is 2.32. The maximum absolute atomic E-state index is 11.5. The Labute approximate surface area is 105 Å². The SMILES string of the molecule is COC(=O)C1=CC(OCCO)[C@@H](C)C(N=[N+]=[N-])C1. The fourth-order valence-corrected chi connectivity index (χ4v) is 1.93. The van der Waals surface area contributed by atoms with Crippen LogP contribution in [0.3, 0.4) is 0 Å². The number of methoxy groups -OCH3 is 1. The maximum Gasteiger partial charge on any atom is 0.333 e. The molecule has 18 heavy (non-hydrogen) atoms. The molecule has 0 spiro atoms. The summed E-state index contributed by atoms with van der Waals surface area (Å²) in [6.07, 6.45) is 1.65. The van der Waals surface area contributed by atoms with Crippen LogP contribution in [0.25, 0.3) is 10.4 Å². The second-order valence-electron chi connectivity index (χ2n) is 4.08. The minimum atomic E-state index is -0.447. The number of aliphatic hydroxyl groups is 1. The lowest BCUT2D eigenvalue weighted by molar-refractivity contribution is -0.136. The van der Waals surface area contributed by atoms with Crippen molar-refractivity contribution in [1.82, 2.24) is 0 Å². The molecule has 2 unspecified atom stereocenters. The largest absolute Gasteiger partial charge is 0.466 e. The summed E-state index contributed by atoms with van der Waals surface area (Å²) in [7, 11) is 1.30. The molecule has 0 aromatic heterocycles. The number of hydrogen-bond donors (Lipinski definition) is 1. The quantitative estimate of drug-likeness (QED) is 0.344. The van der Waals surface area contributed by atoms with Gasteiger partial charge in [0.2, 0.25) is 0 Å². The lowest BCUT2D eigenvalue weighted by Crippen LogP contribution is -2.35. The summed E-state index contributed by atoms with van der Waals surface area (Å²) in [5.41, 5.74) is 8.96. The first-order valence-corrected chi connectivity index (χ1v) is 5.69. The van der Waals surface area contributed by atoms with Gasteiger partial charge in [-0.15, -0.1) is 0 Å². The Bertz CT molecular complexity index is 376. The smallest absolute Gasteiger partial charge is 0.333 e. The molecule has 0 amide bonds. The minimum absolute atomic E-state index is 0.0548. The summed E-state index contributed by atoms with van der Waals surface area (Å²) in [5.74, 6) is -0.501. The zero-order chi connectivity index (χ0) is 13.5. The molecule has 1 aliphatic carbocycles. The number of ether oxygens (including phenoxy) is 2. The van der Waals surface area contributed by atoms with Crippen LogP contribution in [-0.4, -0.2) is 43.5 Å². The third-order valence-electron chi connectivity index (χ3n) is 2.97. The van der Waals surface area contributed by atoms with E-state index in [-0.39, 0.29) is 31.3 Å². The van der Waals surface area contributed by atoms with Crippen LogP contribution in [0.2, 0.25) is 0 Å². The van der Waals surface area contributed by atoms with Crippen molar-refractivity contribution in [1.29, 1.82) is 0 Å². The number of aliphatic hydroxyl groups excluding tert-OH is 1. The average Bonchev–Trinajstić information content (AvgIpc) is 2.39. The highest BCUT2D eigenvalue weighted by Crippen LogP contribution is 2.29. The molecule has 0 aliphatic heterocycles. The first kappa shape index (κ1) is 14.5. The van der Waals surface area contributed by atoms with E-state index < -0.39 is 5.97 Å². The van der Waals surface area contributed by atoms with Gasteiger partial charge in [0.1, 0.15) is 0 Å². The fourth-order valence-electron chi connectivity index (χ4n) is 1.93. The third kappa shape index (κ3) is 3.46. The Morgan fingerprint density at radius 2 is 2.44 bits per heavy atom. The van der Waals surface area contributed by atoms with Crippen LogP contribution in [-0.2, 0) is 14.3 Å². The summed E-state index contributed by atoms with van der Waals surface area (Å²) in [6, 6.07) is -0.349. The van der Waals surface area contributed by atoms with Crippen molar-refractivity contribution < 1.29 is 19.4 Å². The molecular formula is C11H17N3O4. The van der Waals surface area contributed by atoms with Gasteiger partial charge < -0.3 is 14.6 Å². The molecule has 0 fully saturated rings. The molecule has 3 atom stereocenters. The normalized spacial score (nSPS) is 27.1. The van der Waals surface area contributed by atoms with E-state index in [0.717, 1.165) is 0 Å². The molecule has 0 heterocycles. The number of esters is 1. The summed E-state index contributed by atoms with van der Waals surface area (Å²) < 4.78 is 10.1. The molecule has 0 bridgehead atoms. The van der Waals surface area contributed by atoms with Crippen LogP contribution in [0.1, 0.15) is 13.3 Å². The highest BCUT2D eigenvalue weighted by molar-refractivity contribution is 5.88. The second kappa shape index (κ2) is 7.00. The highest BCUT2D eigenvalue weighted by atomic mass is 16.5. The Kier molecular flexibility index (Phi) is 5.64. The minimum Gasteiger partial charge on any atom is -0.466 e. The van der Waals surface area contributed by atoms with Gasteiger partial charge >= 0.3 is 5.97 Å². The topological polar surface area (TPSA) is 105 Å². The lowest BCUT2D eigenvalue weighted by Gasteiger charge is -2.31. The molecule has 7 nitrogen and oxygen atoms in total. The van der Waals surface area contributed by atoms with Gasteiger partial charge in [0.15, 0.2) is 0 Å². The van der Waals surface area contributed by atoms with Gasteiger partial charge in [-0.2, -0.15) is 0 Å². The predicted octanol–water partition coefficient (Wildman–Crippen LogP) is 1.18. The van der Waals surface area contributed by atoms with E-state index in [1.807, 2.05) is 6.92 Å². The molecule has 0 aromatic rings. The number of hydrogen-bond acceptors (Lipinski definition) is 5. The zero-order valence-electron chi connectivity index (χ0n) is 10.4. The van der Waals surface area contributed by atoms with Crippen molar-refractivity contribution in [3.63, 3.8) is 0 Å². The van der Waals surface area contributed by atoms with E-state index in [4.69, 9.17) is 15.4 Å². The molecule has 0 saturated heterocycles. The molecule has 1 rings (SSSR count). The number of carbonyl (C=O) groups is 1. The van der Waals surface area contributed by atoms with Gasteiger partial charge in [0.25, 0.3) is 0 Å². The number of rotatable bonds is 5. The van der Waals surface area contributed by atoms with Crippen molar-refractivity contribution in [2.45, 2.75) is 25.5 Å². The molecular weight excluding hydrogens is 238 g/mol. The molecule has 0 radical (unpaired) electrons. The summed E-state index contributed by atoms with van der Waals surface area (Å²) in [6.45, 7) is 1.95. The zero-order valence-corrected chi connectivity index (χ0v) is 10.4. The second-order valence-corrected chi connectivity index (χ2v) is 4.08. The summed E-state index contributed by atoms with van der Waals surface area (Å²) in [4.78, 5) is 14.3. The van der Waals surface area contributed by atoms with Gasteiger partial charge in [0, 0.05) is 16.5 Å². The van der Waals surface area contributed by atoms with Crippen LogP contribution < -0.4 is 0 Å². The van der Waals surface area contributed by atoms with Gasteiger partial charge in [-0.05, 0) is 23.9 Å². The van der Waals surface area contributed by atoms with Crippen LogP contribution in [0.4, 0.5) is 0 Å². The Morgan fingerprint density at radius 1 is 1.72 bits per heavy atom. The van der Waals surface area contributed by atoms with Crippen molar-refractivity contribution >= 4 is 5.97 Å². The molecule has 1 aliphatic rings. The first-order chi connectivity index (χ1) is 8.63. The standard InChI is InChI=1S/C11H17N3O4/c1-7-9(13-14-12)5-8(11(16)17-2)6-10(7)18-4-3-15/h6-7,9-10,15H,3-5H2,1-2H3/t7-,9?,10?/m0/s1. The molecule has 7 heteroatoms. The van der Waals surface area contributed by atoms with E-state index in [1.54, 1.807) is 6.08 Å². The molecule has 0 aromatic carbocycles. The van der Waals surface area contributed by atoms with Gasteiger partial charge in [0.05, 0.1) is 26.4 Å². The molecule has 1 N–H and O–H groups in total. The number of nitrogens with zero attached hydrogens (tertiary/aromatic N) is 3. The van der Waals surface area contributed by atoms with Crippen LogP contribution in [0.15, 0.2) is 16.8 Å². The average molecular weight is 255 g/mol. The van der Waals surface area contributed by atoms with E-state index in [9.17, 15) is 4.79 Å².